The Bertz CT molecular complexity index is 1350. The number of nitrogens with zero attached hydrogens (tertiary/aromatic N) is 4. The van der Waals surface area contributed by atoms with Crippen LogP contribution in [-0.2, 0) is 4.79 Å². The first kappa shape index (κ1) is 26.0. The average Bonchev–Trinajstić information content (AvgIpc) is 3.25. The number of aromatic nitrogens is 3. The molecule has 1 fully saturated rings. The van der Waals surface area contributed by atoms with Crippen molar-refractivity contribution in [1.82, 2.24) is 25.2 Å². The molecule has 0 saturated heterocycles. The summed E-state index contributed by atoms with van der Waals surface area (Å²) in [4.78, 5) is 28.6. The maximum Gasteiger partial charge on any atom is 0.255 e. The average molecular weight is 508 g/mol. The molecule has 11 heteroatoms. The minimum absolute atomic E-state index is 0.0682. The highest BCUT2D eigenvalue weighted by molar-refractivity contribution is 6.00. The van der Waals surface area contributed by atoms with Gasteiger partial charge in [0.15, 0.2) is 0 Å². The second-order valence-corrected chi connectivity index (χ2v) is 9.97. The third-order valence-electron chi connectivity index (χ3n) is 6.48. The lowest BCUT2D eigenvalue weighted by Gasteiger charge is -2.37. The predicted molar refractivity (Wildman–Crippen MR) is 135 cm³/mol. The van der Waals surface area contributed by atoms with Crippen molar-refractivity contribution < 1.29 is 19.1 Å². The van der Waals surface area contributed by atoms with Gasteiger partial charge in [-0.1, -0.05) is 0 Å². The molecule has 4 rings (SSSR count). The van der Waals surface area contributed by atoms with Crippen molar-refractivity contribution in [3.8, 4) is 17.5 Å². The number of anilines is 1. The molecule has 2 amide bonds. The van der Waals surface area contributed by atoms with Crippen LogP contribution in [0.2, 0.25) is 0 Å². The van der Waals surface area contributed by atoms with E-state index in [1.807, 2.05) is 12.1 Å². The van der Waals surface area contributed by atoms with Crippen molar-refractivity contribution in [3.05, 3.63) is 47.8 Å². The molecule has 1 atom stereocenters. The second-order valence-electron chi connectivity index (χ2n) is 9.97. The summed E-state index contributed by atoms with van der Waals surface area (Å²) in [6, 6.07) is 9.29. The quantitative estimate of drug-likeness (QED) is 0.348. The van der Waals surface area contributed by atoms with Crippen LogP contribution < -0.4 is 16.0 Å². The van der Waals surface area contributed by atoms with Gasteiger partial charge in [-0.2, -0.15) is 10.4 Å². The number of amides is 2. The van der Waals surface area contributed by atoms with Gasteiger partial charge in [-0.15, -0.1) is 0 Å². The number of nitriles is 1. The van der Waals surface area contributed by atoms with E-state index in [1.165, 1.54) is 33.2 Å². The highest BCUT2D eigenvalue weighted by atomic mass is 19.1. The molecule has 194 valence electrons. The topological polar surface area (TPSA) is 144 Å². The number of nitrogens with one attached hydrogen (secondary N) is 3. The van der Waals surface area contributed by atoms with Crippen molar-refractivity contribution in [2.75, 3.05) is 18.4 Å². The normalized spacial score (nSPS) is 17.9. The van der Waals surface area contributed by atoms with Crippen molar-refractivity contribution in [2.24, 2.45) is 5.92 Å². The highest BCUT2D eigenvalue weighted by Gasteiger charge is 2.31. The predicted octanol–water partition coefficient (Wildman–Crippen LogP) is 2.43. The number of carbonyl (C=O) groups is 2. The van der Waals surface area contributed by atoms with Crippen LogP contribution in [0.1, 0.15) is 49.5 Å². The molecule has 1 saturated carbocycles. The highest BCUT2D eigenvalue weighted by Crippen LogP contribution is 2.32. The zero-order valence-electron chi connectivity index (χ0n) is 21.0. The Morgan fingerprint density at radius 2 is 2.03 bits per heavy atom. The van der Waals surface area contributed by atoms with Crippen LogP contribution >= 0.6 is 0 Å². The summed E-state index contributed by atoms with van der Waals surface area (Å²) in [6.07, 6.45) is 2.89. The molecule has 1 aliphatic rings. The van der Waals surface area contributed by atoms with E-state index in [9.17, 15) is 19.1 Å². The minimum Gasteiger partial charge on any atom is -0.387 e. The Morgan fingerprint density at radius 3 is 2.70 bits per heavy atom. The van der Waals surface area contributed by atoms with Crippen molar-refractivity contribution in [1.29, 1.82) is 5.26 Å². The van der Waals surface area contributed by atoms with E-state index in [2.05, 4.69) is 32.1 Å². The molecule has 0 radical (unpaired) electrons. The Balaban J connectivity index is 1.58. The number of pyridine rings is 1. The Labute approximate surface area is 213 Å². The third-order valence-corrected chi connectivity index (χ3v) is 6.48. The van der Waals surface area contributed by atoms with Crippen LogP contribution in [0.15, 0.2) is 36.7 Å². The fourth-order valence-electron chi connectivity index (χ4n) is 4.21. The van der Waals surface area contributed by atoms with E-state index >= 15 is 0 Å². The number of fused-ring (bicyclic) bond motifs is 1. The van der Waals surface area contributed by atoms with E-state index in [0.29, 0.717) is 35.1 Å². The van der Waals surface area contributed by atoms with Gasteiger partial charge in [0.25, 0.3) is 5.91 Å². The SMILES string of the molecule is CC(=O)NC[C@H]1C[C@H](Nc2cc(-c3ccc4cc(C#N)cnn34)ncc2C(=O)NC[C@@H](F)C(C)(C)O)C1. The maximum atomic E-state index is 14.2. The van der Waals surface area contributed by atoms with Gasteiger partial charge in [-0.3, -0.25) is 14.6 Å². The molecule has 0 spiro atoms. The summed E-state index contributed by atoms with van der Waals surface area (Å²) < 4.78 is 15.9. The van der Waals surface area contributed by atoms with Crippen molar-refractivity contribution in [2.45, 2.75) is 51.4 Å². The first-order valence-electron chi connectivity index (χ1n) is 12.1. The Kier molecular flexibility index (Phi) is 7.40. The molecule has 10 nitrogen and oxygen atoms in total. The molecule has 3 aromatic rings. The van der Waals surface area contributed by atoms with Gasteiger partial charge >= 0.3 is 0 Å². The fraction of sp³-hybridized carbons (Fsp3) is 0.423. The molecular formula is C26H30FN7O3. The monoisotopic (exact) mass is 507 g/mol. The van der Waals surface area contributed by atoms with E-state index in [-0.39, 0.29) is 24.1 Å². The summed E-state index contributed by atoms with van der Waals surface area (Å²) in [6.45, 7) is 4.43. The molecule has 0 aliphatic heterocycles. The standard InChI is InChI=1S/C26H30FN7O3/c1-15(35)29-11-16-6-18(7-16)33-21-9-22(23-5-4-19-8-17(10-28)12-32-34(19)23)30-13-20(21)25(36)31-14-24(27)26(2,3)37/h4-5,8-9,12-13,16,18,24,37H,6-7,11,14H2,1-3H3,(H,29,35)(H,30,33)(H,31,36)/t16-,18-,24-/m1/s1. The summed E-state index contributed by atoms with van der Waals surface area (Å²) >= 11 is 0. The molecule has 0 unspecified atom stereocenters. The molecule has 4 N–H and O–H groups in total. The third kappa shape index (κ3) is 6.03. The maximum absolute atomic E-state index is 14.2. The van der Waals surface area contributed by atoms with E-state index < -0.39 is 17.7 Å². The largest absolute Gasteiger partial charge is 0.387 e. The van der Waals surface area contributed by atoms with Crippen LogP contribution in [0, 0.1) is 17.2 Å². The van der Waals surface area contributed by atoms with Crippen molar-refractivity contribution in [3.63, 3.8) is 0 Å². The second kappa shape index (κ2) is 10.5. The Morgan fingerprint density at radius 1 is 1.27 bits per heavy atom. The lowest BCUT2D eigenvalue weighted by Crippen LogP contribution is -2.43. The summed E-state index contributed by atoms with van der Waals surface area (Å²) in [7, 11) is 0. The van der Waals surface area contributed by atoms with Crippen molar-refractivity contribution >= 4 is 23.0 Å². The molecule has 1 aliphatic carbocycles. The number of rotatable bonds is 9. The van der Waals surface area contributed by atoms with Crippen LogP contribution in [-0.4, -0.2) is 62.4 Å². The van der Waals surface area contributed by atoms with E-state index in [0.717, 1.165) is 18.4 Å². The van der Waals surface area contributed by atoms with E-state index in [4.69, 9.17) is 5.26 Å². The number of hydrogen-bond acceptors (Lipinski definition) is 7. The van der Waals surface area contributed by atoms with Gasteiger partial charge in [0.05, 0.1) is 52.1 Å². The number of alkyl halides is 1. The van der Waals surface area contributed by atoms with Gasteiger partial charge in [0.1, 0.15) is 12.2 Å². The lowest BCUT2D eigenvalue weighted by atomic mass is 9.80. The first-order chi connectivity index (χ1) is 17.5. The molecule has 0 bridgehead atoms. The Hall–Kier alpha value is -4.04. The first-order valence-corrected chi connectivity index (χ1v) is 12.1. The van der Waals surface area contributed by atoms with E-state index in [1.54, 1.807) is 16.6 Å². The lowest BCUT2D eigenvalue weighted by molar-refractivity contribution is -0.119. The van der Waals surface area contributed by atoms with Crippen LogP contribution in [0.3, 0.4) is 0 Å². The summed E-state index contributed by atoms with van der Waals surface area (Å²) in [5, 5.41) is 32.1. The number of hydrogen-bond donors (Lipinski definition) is 4. The number of aliphatic hydroxyl groups is 1. The summed E-state index contributed by atoms with van der Waals surface area (Å²) in [5.74, 6) is -0.243. The zero-order valence-corrected chi connectivity index (χ0v) is 21.0. The molecular weight excluding hydrogens is 477 g/mol. The van der Waals surface area contributed by atoms with Crippen LogP contribution in [0.4, 0.5) is 10.1 Å². The summed E-state index contributed by atoms with van der Waals surface area (Å²) in [5.41, 5.74) is 1.61. The number of carbonyl (C=O) groups excluding carboxylic acids is 2. The molecule has 0 aromatic carbocycles. The van der Waals surface area contributed by atoms with Gasteiger partial charge < -0.3 is 21.1 Å². The minimum atomic E-state index is -1.64. The van der Waals surface area contributed by atoms with Gasteiger partial charge in [0, 0.05) is 25.7 Å². The van der Waals surface area contributed by atoms with Gasteiger partial charge in [-0.05, 0) is 56.9 Å². The molecule has 3 heterocycles. The van der Waals surface area contributed by atoms with Crippen LogP contribution in [0.5, 0.6) is 0 Å². The van der Waals surface area contributed by atoms with Crippen LogP contribution in [0.25, 0.3) is 16.9 Å². The van der Waals surface area contributed by atoms with Gasteiger partial charge in [-0.25, -0.2) is 8.91 Å². The molecule has 37 heavy (non-hydrogen) atoms. The van der Waals surface area contributed by atoms with Gasteiger partial charge in [0.2, 0.25) is 5.91 Å². The number of halogens is 1. The zero-order chi connectivity index (χ0) is 26.7. The smallest absolute Gasteiger partial charge is 0.255 e. The molecule has 3 aromatic heterocycles. The fourth-order valence-corrected chi connectivity index (χ4v) is 4.21.